The van der Waals surface area contributed by atoms with Crippen molar-refractivity contribution in [2.24, 2.45) is 0 Å². The van der Waals surface area contributed by atoms with Gasteiger partial charge in [0, 0.05) is 6.61 Å². The monoisotopic (exact) mass is 187 g/mol. The van der Waals surface area contributed by atoms with Crippen LogP contribution in [0.2, 0.25) is 0 Å². The summed E-state index contributed by atoms with van der Waals surface area (Å²) in [6.07, 6.45) is 6.89. The van der Waals surface area contributed by atoms with Crippen LogP contribution in [0.15, 0.2) is 0 Å². The Hall–Kier alpha value is -0.0800. The Kier molecular flexibility index (Phi) is 9.94. The van der Waals surface area contributed by atoms with Crippen LogP contribution in [-0.4, -0.2) is 19.3 Å². The molecule has 0 aromatic heterocycles. The molecule has 0 amide bonds. The Labute approximate surface area is 82.3 Å². The van der Waals surface area contributed by atoms with E-state index in [4.69, 9.17) is 4.74 Å². The maximum absolute atomic E-state index is 10.1. The second kappa shape index (κ2) is 10.0. The van der Waals surface area contributed by atoms with Crippen LogP contribution in [0, 0.1) is 0 Å². The molecule has 0 bridgehead atoms. The fraction of sp³-hybridized carbons (Fsp3) is 1.00. The predicted molar refractivity (Wildman–Crippen MR) is 54.3 cm³/mol. The van der Waals surface area contributed by atoms with Crippen LogP contribution >= 0.6 is 0 Å². The third-order valence-corrected chi connectivity index (χ3v) is 2.14. The molecule has 0 saturated carbocycles. The summed E-state index contributed by atoms with van der Waals surface area (Å²) in [6.45, 7) is 5.24. The van der Waals surface area contributed by atoms with Crippen LogP contribution in [-0.2, 0) is 9.84 Å². The van der Waals surface area contributed by atoms with Crippen molar-refractivity contribution in [3.05, 3.63) is 0 Å². The summed E-state index contributed by atoms with van der Waals surface area (Å²) in [5.41, 5.74) is 0. The van der Waals surface area contributed by atoms with Crippen molar-refractivity contribution in [1.29, 1.82) is 0 Å². The van der Waals surface area contributed by atoms with Gasteiger partial charge in [0.15, 0.2) is 0 Å². The molecule has 0 aliphatic rings. The molecule has 13 heavy (non-hydrogen) atoms. The summed E-state index contributed by atoms with van der Waals surface area (Å²) < 4.78 is 5.58. The lowest BCUT2D eigenvalue weighted by Crippen LogP contribution is -2.08. The SMILES string of the molecule is CCCC(C)OCCCCCC[O]. The van der Waals surface area contributed by atoms with Crippen LogP contribution in [0.25, 0.3) is 0 Å². The zero-order chi connectivity index (χ0) is 9.94. The zero-order valence-corrected chi connectivity index (χ0v) is 9.05. The van der Waals surface area contributed by atoms with Gasteiger partial charge in [0.05, 0.1) is 12.7 Å². The van der Waals surface area contributed by atoms with Crippen molar-refractivity contribution in [2.45, 2.75) is 58.5 Å². The van der Waals surface area contributed by atoms with E-state index in [0.717, 1.165) is 38.7 Å². The summed E-state index contributed by atoms with van der Waals surface area (Å²) in [6, 6.07) is 0. The lowest BCUT2D eigenvalue weighted by atomic mass is 10.2. The van der Waals surface area contributed by atoms with E-state index in [2.05, 4.69) is 13.8 Å². The highest BCUT2D eigenvalue weighted by Crippen LogP contribution is 2.04. The summed E-state index contributed by atoms with van der Waals surface area (Å²) in [4.78, 5) is 0. The van der Waals surface area contributed by atoms with E-state index < -0.39 is 0 Å². The Bertz CT molecular complexity index is 94.1. The molecule has 0 aromatic rings. The molecule has 0 N–H and O–H groups in total. The van der Waals surface area contributed by atoms with Gasteiger partial charge in [-0.2, -0.15) is 0 Å². The molecule has 1 radical (unpaired) electrons. The molecule has 0 aliphatic carbocycles. The minimum atomic E-state index is 0.0765. The summed E-state index contributed by atoms with van der Waals surface area (Å²) in [5.74, 6) is 0. The van der Waals surface area contributed by atoms with Crippen LogP contribution in [0.1, 0.15) is 52.4 Å². The number of hydrogen-bond acceptors (Lipinski definition) is 1. The van der Waals surface area contributed by atoms with Crippen molar-refractivity contribution < 1.29 is 9.84 Å². The van der Waals surface area contributed by atoms with E-state index in [1.165, 1.54) is 6.42 Å². The van der Waals surface area contributed by atoms with E-state index in [1.807, 2.05) is 0 Å². The van der Waals surface area contributed by atoms with Gasteiger partial charge in [0.25, 0.3) is 0 Å². The van der Waals surface area contributed by atoms with E-state index in [9.17, 15) is 5.11 Å². The summed E-state index contributed by atoms with van der Waals surface area (Å²) >= 11 is 0. The van der Waals surface area contributed by atoms with E-state index in [-0.39, 0.29) is 6.61 Å². The number of rotatable bonds is 9. The fourth-order valence-electron chi connectivity index (χ4n) is 1.33. The smallest absolute Gasteiger partial charge is 0.0822 e. The molecule has 1 unspecified atom stereocenters. The molecule has 79 valence electrons. The minimum Gasteiger partial charge on any atom is -0.379 e. The highest BCUT2D eigenvalue weighted by atomic mass is 16.5. The molecule has 0 aliphatic heterocycles. The number of unbranched alkanes of at least 4 members (excludes halogenated alkanes) is 3. The lowest BCUT2D eigenvalue weighted by molar-refractivity contribution is 0.0567. The standard InChI is InChI=1S/C11H23O2/c1-3-8-11(2)13-10-7-5-4-6-9-12/h11H,3-10H2,1-2H3. The van der Waals surface area contributed by atoms with Gasteiger partial charge in [-0.15, -0.1) is 0 Å². The molecule has 2 nitrogen and oxygen atoms in total. The molecule has 0 heterocycles. The topological polar surface area (TPSA) is 29.1 Å². The van der Waals surface area contributed by atoms with Crippen molar-refractivity contribution >= 4 is 0 Å². The lowest BCUT2D eigenvalue weighted by Gasteiger charge is -2.11. The Morgan fingerprint density at radius 2 is 1.85 bits per heavy atom. The molecular weight excluding hydrogens is 164 g/mol. The first-order valence-corrected chi connectivity index (χ1v) is 5.51. The van der Waals surface area contributed by atoms with Crippen LogP contribution in [0.4, 0.5) is 0 Å². The normalized spacial score (nSPS) is 13.2. The predicted octanol–water partition coefficient (Wildman–Crippen LogP) is 3.18. The molecule has 0 saturated heterocycles. The second-order valence-corrected chi connectivity index (χ2v) is 3.59. The van der Waals surface area contributed by atoms with Crippen molar-refractivity contribution in [3.8, 4) is 0 Å². The van der Waals surface area contributed by atoms with Gasteiger partial charge in [-0.3, -0.25) is 0 Å². The first kappa shape index (κ1) is 12.9. The Morgan fingerprint density at radius 1 is 1.15 bits per heavy atom. The summed E-state index contributed by atoms with van der Waals surface area (Å²) in [5, 5.41) is 10.1. The number of hydrogen-bond donors (Lipinski definition) is 0. The Balaban J connectivity index is 2.97. The van der Waals surface area contributed by atoms with Crippen molar-refractivity contribution in [1.82, 2.24) is 0 Å². The van der Waals surface area contributed by atoms with Crippen molar-refractivity contribution in [3.63, 3.8) is 0 Å². The molecule has 2 heteroatoms. The molecule has 0 rings (SSSR count). The van der Waals surface area contributed by atoms with E-state index >= 15 is 0 Å². The molecule has 0 spiro atoms. The largest absolute Gasteiger partial charge is 0.379 e. The van der Waals surface area contributed by atoms with Gasteiger partial charge in [-0.05, 0) is 26.2 Å². The minimum absolute atomic E-state index is 0.0765. The van der Waals surface area contributed by atoms with Crippen LogP contribution < -0.4 is 0 Å². The van der Waals surface area contributed by atoms with Crippen LogP contribution in [0.3, 0.4) is 0 Å². The third kappa shape index (κ3) is 9.84. The zero-order valence-electron chi connectivity index (χ0n) is 9.05. The maximum atomic E-state index is 10.1. The molecule has 0 aromatic carbocycles. The van der Waals surface area contributed by atoms with Gasteiger partial charge in [-0.1, -0.05) is 26.2 Å². The maximum Gasteiger partial charge on any atom is 0.0822 e. The summed E-state index contributed by atoms with van der Waals surface area (Å²) in [7, 11) is 0. The van der Waals surface area contributed by atoms with Gasteiger partial charge >= 0.3 is 0 Å². The van der Waals surface area contributed by atoms with Crippen LogP contribution in [0.5, 0.6) is 0 Å². The average molecular weight is 187 g/mol. The average Bonchev–Trinajstić information content (AvgIpc) is 2.11. The Morgan fingerprint density at radius 3 is 2.46 bits per heavy atom. The molecular formula is C11H23O2. The highest BCUT2D eigenvalue weighted by Gasteiger charge is 1.99. The van der Waals surface area contributed by atoms with Gasteiger partial charge in [0.2, 0.25) is 0 Å². The first-order chi connectivity index (χ1) is 6.31. The van der Waals surface area contributed by atoms with E-state index in [0.29, 0.717) is 6.10 Å². The first-order valence-electron chi connectivity index (χ1n) is 5.51. The second-order valence-electron chi connectivity index (χ2n) is 3.59. The van der Waals surface area contributed by atoms with Gasteiger partial charge in [0.1, 0.15) is 0 Å². The third-order valence-electron chi connectivity index (χ3n) is 2.14. The highest BCUT2D eigenvalue weighted by molar-refractivity contribution is 4.48. The van der Waals surface area contributed by atoms with Gasteiger partial charge in [-0.25, -0.2) is 5.11 Å². The molecule has 1 atom stereocenters. The quantitative estimate of drug-likeness (QED) is 0.510. The number of ether oxygens (including phenoxy) is 1. The fourth-order valence-corrected chi connectivity index (χ4v) is 1.33. The van der Waals surface area contributed by atoms with Gasteiger partial charge < -0.3 is 4.74 Å². The van der Waals surface area contributed by atoms with E-state index in [1.54, 1.807) is 0 Å². The molecule has 0 fully saturated rings. The van der Waals surface area contributed by atoms with Crippen molar-refractivity contribution in [2.75, 3.05) is 13.2 Å².